The minimum absolute atomic E-state index is 0.0899. The van der Waals surface area contributed by atoms with E-state index in [4.69, 9.17) is 23.7 Å². The largest absolute Gasteiger partial charge is 0.503 e. The first kappa shape index (κ1) is 23.8. The quantitative estimate of drug-likeness (QED) is 0.463. The Kier molecular flexibility index (Phi) is 9.28. The number of amides is 1. The second kappa shape index (κ2) is 11.7. The number of aromatic nitrogens is 1. The Labute approximate surface area is 175 Å². The summed E-state index contributed by atoms with van der Waals surface area (Å²) in [5.41, 5.74) is -0.273. The van der Waals surface area contributed by atoms with Crippen LogP contribution in [0.25, 0.3) is 0 Å². The number of aromatic hydroxyl groups is 1. The van der Waals surface area contributed by atoms with Crippen molar-refractivity contribution in [1.29, 1.82) is 0 Å². The zero-order chi connectivity index (χ0) is 22.1. The lowest BCUT2D eigenvalue weighted by molar-refractivity contribution is -0.164. The number of hydrogen-bond donors (Lipinski definition) is 2. The highest BCUT2D eigenvalue weighted by Crippen LogP contribution is 2.27. The van der Waals surface area contributed by atoms with Crippen LogP contribution in [0.5, 0.6) is 11.5 Å². The van der Waals surface area contributed by atoms with Crippen LogP contribution in [-0.4, -0.2) is 80.4 Å². The molecule has 0 spiro atoms. The standard InChI is InChI=1S/C20H30N2O8/c1-5-6-9-29-15-11-28-10-13(20(25)30-12(2)18(15)27-4)22-19(24)16-17(23)14(26-3)7-8-21-16/h7-8,12-13,15,18,23H,5-6,9-11H2,1-4H3,(H,22,24)/t12-,13-,15-,18-/m0/s1. The lowest BCUT2D eigenvalue weighted by Crippen LogP contribution is -2.47. The minimum Gasteiger partial charge on any atom is -0.503 e. The van der Waals surface area contributed by atoms with E-state index in [1.807, 2.05) is 0 Å². The molecule has 1 aromatic rings. The predicted molar refractivity (Wildman–Crippen MR) is 106 cm³/mol. The Balaban J connectivity index is 2.11. The van der Waals surface area contributed by atoms with Crippen LogP contribution in [-0.2, 0) is 23.7 Å². The van der Waals surface area contributed by atoms with E-state index in [-0.39, 0.29) is 24.7 Å². The maximum absolute atomic E-state index is 12.6. The summed E-state index contributed by atoms with van der Waals surface area (Å²) < 4.78 is 27.5. The summed E-state index contributed by atoms with van der Waals surface area (Å²) in [6.45, 7) is 4.32. The van der Waals surface area contributed by atoms with Gasteiger partial charge in [0.05, 0.1) is 20.3 Å². The molecule has 0 aliphatic carbocycles. The number of carbonyl (C=O) groups is 2. The summed E-state index contributed by atoms with van der Waals surface area (Å²) in [4.78, 5) is 29.0. The summed E-state index contributed by atoms with van der Waals surface area (Å²) >= 11 is 0. The van der Waals surface area contributed by atoms with Gasteiger partial charge in [-0.2, -0.15) is 0 Å². The van der Waals surface area contributed by atoms with Crippen molar-refractivity contribution in [2.45, 2.75) is 51.0 Å². The van der Waals surface area contributed by atoms with E-state index < -0.39 is 42.0 Å². The van der Waals surface area contributed by atoms with E-state index in [1.54, 1.807) is 6.92 Å². The van der Waals surface area contributed by atoms with E-state index in [0.717, 1.165) is 12.8 Å². The van der Waals surface area contributed by atoms with Crippen LogP contribution < -0.4 is 10.1 Å². The molecule has 0 saturated carbocycles. The number of unbranched alkanes of at least 4 members (excludes halogenated alkanes) is 1. The van der Waals surface area contributed by atoms with Crippen LogP contribution >= 0.6 is 0 Å². The van der Waals surface area contributed by atoms with Crippen LogP contribution in [0, 0.1) is 0 Å². The van der Waals surface area contributed by atoms with Gasteiger partial charge in [-0.1, -0.05) is 13.3 Å². The highest BCUT2D eigenvalue weighted by Gasteiger charge is 2.36. The maximum Gasteiger partial charge on any atom is 0.331 e. The molecule has 1 saturated heterocycles. The lowest BCUT2D eigenvalue weighted by Gasteiger charge is -2.29. The third-order valence-electron chi connectivity index (χ3n) is 4.71. The molecule has 2 rings (SSSR count). The topological polar surface area (TPSA) is 125 Å². The third-order valence-corrected chi connectivity index (χ3v) is 4.71. The van der Waals surface area contributed by atoms with Crippen LogP contribution in [0.15, 0.2) is 12.3 Å². The fourth-order valence-electron chi connectivity index (χ4n) is 3.06. The summed E-state index contributed by atoms with van der Waals surface area (Å²) in [6, 6.07) is 0.314. The molecular weight excluding hydrogens is 396 g/mol. The molecule has 1 aromatic heterocycles. The number of hydrogen-bond acceptors (Lipinski definition) is 9. The van der Waals surface area contributed by atoms with Gasteiger partial charge in [0, 0.05) is 26.0 Å². The van der Waals surface area contributed by atoms with E-state index in [9.17, 15) is 14.7 Å². The second-order valence-corrected chi connectivity index (χ2v) is 6.88. The fourth-order valence-corrected chi connectivity index (χ4v) is 3.06. The first-order valence-electron chi connectivity index (χ1n) is 9.88. The van der Waals surface area contributed by atoms with E-state index in [1.165, 1.54) is 26.5 Å². The van der Waals surface area contributed by atoms with Crippen molar-refractivity contribution in [3.63, 3.8) is 0 Å². The molecule has 0 bridgehead atoms. The number of esters is 1. The van der Waals surface area contributed by atoms with Gasteiger partial charge in [-0.05, 0) is 13.3 Å². The Morgan fingerprint density at radius 1 is 1.37 bits per heavy atom. The first-order valence-corrected chi connectivity index (χ1v) is 9.88. The summed E-state index contributed by atoms with van der Waals surface area (Å²) in [5.74, 6) is -1.78. The summed E-state index contributed by atoms with van der Waals surface area (Å²) in [7, 11) is 2.87. The van der Waals surface area contributed by atoms with Crippen LogP contribution in [0.3, 0.4) is 0 Å². The van der Waals surface area contributed by atoms with E-state index >= 15 is 0 Å². The number of ether oxygens (including phenoxy) is 5. The number of carbonyl (C=O) groups excluding carboxylic acids is 2. The summed E-state index contributed by atoms with van der Waals surface area (Å²) in [6.07, 6.45) is 1.60. The van der Waals surface area contributed by atoms with Gasteiger partial charge in [-0.15, -0.1) is 0 Å². The molecule has 10 nitrogen and oxygen atoms in total. The molecule has 2 N–H and O–H groups in total. The SMILES string of the molecule is CCCCO[C@H]1COC[C@H](NC(=O)c2nccc(OC)c2O)C(=O)O[C@@H](C)[C@@H]1OC. The molecule has 1 fully saturated rings. The van der Waals surface area contributed by atoms with Gasteiger partial charge >= 0.3 is 5.97 Å². The van der Waals surface area contributed by atoms with Gasteiger partial charge in [0.25, 0.3) is 5.91 Å². The molecule has 168 valence electrons. The molecule has 30 heavy (non-hydrogen) atoms. The van der Waals surface area contributed by atoms with Gasteiger partial charge in [-0.25, -0.2) is 9.78 Å². The molecule has 0 unspecified atom stereocenters. The van der Waals surface area contributed by atoms with Gasteiger partial charge in [-0.3, -0.25) is 4.79 Å². The molecule has 0 radical (unpaired) electrons. The summed E-state index contributed by atoms with van der Waals surface area (Å²) in [5, 5.41) is 12.6. The van der Waals surface area contributed by atoms with Crippen molar-refractivity contribution in [3.05, 3.63) is 18.0 Å². The van der Waals surface area contributed by atoms with Crippen molar-refractivity contribution in [1.82, 2.24) is 10.3 Å². The molecule has 2 heterocycles. The average molecular weight is 426 g/mol. The molecular formula is C20H30N2O8. The van der Waals surface area contributed by atoms with Crippen LogP contribution in [0.1, 0.15) is 37.2 Å². The lowest BCUT2D eigenvalue weighted by atomic mass is 10.1. The molecule has 0 aromatic carbocycles. The predicted octanol–water partition coefficient (Wildman–Crippen LogP) is 1.06. The minimum atomic E-state index is -1.10. The average Bonchev–Trinajstić information content (AvgIpc) is 2.77. The number of nitrogens with zero attached hydrogens (tertiary/aromatic N) is 1. The molecule has 1 aliphatic heterocycles. The third kappa shape index (κ3) is 6.04. The Morgan fingerprint density at radius 3 is 2.80 bits per heavy atom. The van der Waals surface area contributed by atoms with Crippen LogP contribution in [0.2, 0.25) is 0 Å². The number of methoxy groups -OCH3 is 2. The van der Waals surface area contributed by atoms with Crippen molar-refractivity contribution >= 4 is 11.9 Å². The second-order valence-electron chi connectivity index (χ2n) is 6.88. The van der Waals surface area contributed by atoms with Gasteiger partial charge in [0.2, 0.25) is 0 Å². The smallest absolute Gasteiger partial charge is 0.331 e. The number of cyclic esters (lactones) is 1. The van der Waals surface area contributed by atoms with Gasteiger partial charge in [0.15, 0.2) is 23.2 Å². The zero-order valence-corrected chi connectivity index (χ0v) is 17.8. The molecule has 4 atom stereocenters. The highest BCUT2D eigenvalue weighted by molar-refractivity contribution is 5.98. The van der Waals surface area contributed by atoms with Crippen molar-refractivity contribution in [3.8, 4) is 11.5 Å². The van der Waals surface area contributed by atoms with Crippen molar-refractivity contribution in [2.24, 2.45) is 0 Å². The Bertz CT molecular complexity index is 714. The maximum atomic E-state index is 12.6. The van der Waals surface area contributed by atoms with E-state index in [0.29, 0.717) is 6.61 Å². The highest BCUT2D eigenvalue weighted by atomic mass is 16.6. The zero-order valence-electron chi connectivity index (χ0n) is 17.8. The molecule has 1 aliphatic rings. The normalized spacial score (nSPS) is 24.9. The fraction of sp³-hybridized carbons (Fsp3) is 0.650. The molecule has 1 amide bonds. The number of rotatable bonds is 8. The molecule has 10 heteroatoms. The van der Waals surface area contributed by atoms with Crippen molar-refractivity contribution < 1.29 is 38.4 Å². The van der Waals surface area contributed by atoms with Gasteiger partial charge in [0.1, 0.15) is 18.3 Å². The number of pyridine rings is 1. The van der Waals surface area contributed by atoms with E-state index in [2.05, 4.69) is 17.2 Å². The monoisotopic (exact) mass is 426 g/mol. The number of nitrogens with one attached hydrogen (secondary N) is 1. The Morgan fingerprint density at radius 2 is 2.13 bits per heavy atom. The first-order chi connectivity index (χ1) is 14.4. The van der Waals surface area contributed by atoms with Crippen molar-refractivity contribution in [2.75, 3.05) is 34.0 Å². The van der Waals surface area contributed by atoms with Crippen LogP contribution in [0.4, 0.5) is 0 Å². The van der Waals surface area contributed by atoms with Gasteiger partial charge < -0.3 is 34.1 Å². The Hall–Kier alpha value is -2.43.